The topological polar surface area (TPSA) is 70.7 Å². The lowest BCUT2D eigenvalue weighted by Crippen LogP contribution is -2.41. The fraction of sp³-hybridized carbons (Fsp3) is 0.316. The average Bonchev–Trinajstić information content (AvgIpc) is 2.67. The molecule has 6 nitrogen and oxygen atoms in total. The summed E-state index contributed by atoms with van der Waals surface area (Å²) >= 11 is 11.5. The van der Waals surface area contributed by atoms with Crippen molar-refractivity contribution in [1.82, 2.24) is 4.31 Å². The second kappa shape index (κ2) is 8.75. The van der Waals surface area contributed by atoms with Crippen molar-refractivity contribution in [3.63, 3.8) is 0 Å². The van der Waals surface area contributed by atoms with E-state index in [1.807, 2.05) is 32.0 Å². The monoisotopic (exact) mass is 439 g/mol. The number of hydrogen-bond donors (Lipinski definition) is 2. The van der Waals surface area contributed by atoms with Crippen molar-refractivity contribution in [3.8, 4) is 0 Å². The third kappa shape index (κ3) is 4.64. The second-order valence-corrected chi connectivity index (χ2v) is 9.23. The summed E-state index contributed by atoms with van der Waals surface area (Å²) in [5, 5.41) is 7.01. The Hall–Kier alpha value is -1.71. The zero-order chi connectivity index (χ0) is 20.3. The first kappa shape index (κ1) is 21.0. The van der Waals surface area contributed by atoms with E-state index in [1.165, 1.54) is 4.31 Å². The molecule has 1 fully saturated rings. The highest BCUT2D eigenvalue weighted by Gasteiger charge is 2.29. The summed E-state index contributed by atoms with van der Waals surface area (Å²) in [6, 6.07) is 10.7. The van der Waals surface area contributed by atoms with E-state index in [9.17, 15) is 8.42 Å². The zero-order valence-corrected chi connectivity index (χ0v) is 18.0. The van der Waals surface area contributed by atoms with Crippen molar-refractivity contribution >= 4 is 50.3 Å². The van der Waals surface area contributed by atoms with Crippen LogP contribution < -0.4 is 10.6 Å². The largest absolute Gasteiger partial charge is 0.379 e. The van der Waals surface area contributed by atoms with Gasteiger partial charge < -0.3 is 15.4 Å². The number of nitrogens with one attached hydrogen (secondary N) is 2. The Morgan fingerprint density at radius 2 is 1.79 bits per heavy atom. The number of nitrogens with zero attached hydrogens (tertiary/aromatic N) is 1. The summed E-state index contributed by atoms with van der Waals surface area (Å²) in [4.78, 5) is 0.196. The third-order valence-corrected chi connectivity index (χ3v) is 7.04. The Kier molecular flexibility index (Phi) is 6.57. The second-order valence-electron chi connectivity index (χ2n) is 6.51. The molecule has 2 N–H and O–H groups in total. The molecule has 0 radical (unpaired) electrons. The molecule has 2 aromatic rings. The Morgan fingerprint density at radius 1 is 1.11 bits per heavy atom. The van der Waals surface area contributed by atoms with E-state index in [-0.39, 0.29) is 10.0 Å². The van der Waals surface area contributed by atoms with E-state index in [0.29, 0.717) is 37.0 Å². The highest BCUT2D eigenvalue weighted by Crippen LogP contribution is 2.28. The van der Waals surface area contributed by atoms with Crippen LogP contribution >= 0.6 is 23.8 Å². The molecule has 9 heteroatoms. The number of thiocarbonyl (C=S) groups is 1. The molecule has 0 bridgehead atoms. The van der Waals surface area contributed by atoms with Gasteiger partial charge in [0.15, 0.2) is 5.11 Å². The van der Waals surface area contributed by atoms with Crippen LogP contribution in [0.1, 0.15) is 11.1 Å². The lowest BCUT2D eigenvalue weighted by molar-refractivity contribution is 0.0730. The van der Waals surface area contributed by atoms with Crippen molar-refractivity contribution in [2.24, 2.45) is 0 Å². The molecular formula is C19H22ClN3O3S2. The van der Waals surface area contributed by atoms with Crippen molar-refractivity contribution in [3.05, 3.63) is 52.5 Å². The summed E-state index contributed by atoms with van der Waals surface area (Å²) in [6.07, 6.45) is 0. The first-order valence-corrected chi connectivity index (χ1v) is 11.0. The first-order chi connectivity index (χ1) is 13.3. The molecule has 0 atom stereocenters. The Balaban J connectivity index is 1.86. The number of rotatable bonds is 4. The number of aryl methyl sites for hydroxylation is 1. The Labute approximate surface area is 175 Å². The molecule has 0 aromatic heterocycles. The maximum atomic E-state index is 13.1. The Bertz CT molecular complexity index is 990. The summed E-state index contributed by atoms with van der Waals surface area (Å²) in [7, 11) is -3.67. The van der Waals surface area contributed by atoms with Gasteiger partial charge in [0.1, 0.15) is 4.90 Å². The van der Waals surface area contributed by atoms with E-state index < -0.39 is 10.0 Å². The molecule has 28 heavy (non-hydrogen) atoms. The van der Waals surface area contributed by atoms with Gasteiger partial charge in [-0.2, -0.15) is 4.31 Å². The molecule has 0 amide bonds. The molecule has 2 aromatic carbocycles. The minimum atomic E-state index is -3.67. The number of morpholine rings is 1. The molecule has 0 spiro atoms. The van der Waals surface area contributed by atoms with Crippen LogP contribution in [0.5, 0.6) is 0 Å². The summed E-state index contributed by atoms with van der Waals surface area (Å²) < 4.78 is 33.0. The van der Waals surface area contributed by atoms with Crippen molar-refractivity contribution in [2.75, 3.05) is 36.9 Å². The maximum Gasteiger partial charge on any atom is 0.245 e. The van der Waals surface area contributed by atoms with Gasteiger partial charge in [0.2, 0.25) is 10.0 Å². The van der Waals surface area contributed by atoms with Crippen molar-refractivity contribution in [2.45, 2.75) is 18.7 Å². The SMILES string of the molecule is Cc1ccc(NC(=S)Nc2cccc(Cl)c2C)c(S(=O)(=O)N2CCOCC2)c1. The maximum absolute atomic E-state index is 13.1. The summed E-state index contributed by atoms with van der Waals surface area (Å²) in [6.45, 7) is 5.19. The van der Waals surface area contributed by atoms with Gasteiger partial charge in [-0.1, -0.05) is 23.7 Å². The van der Waals surface area contributed by atoms with Gasteiger partial charge in [-0.25, -0.2) is 8.42 Å². The molecular weight excluding hydrogens is 418 g/mol. The first-order valence-electron chi connectivity index (χ1n) is 8.80. The van der Waals surface area contributed by atoms with Crippen molar-refractivity contribution in [1.29, 1.82) is 0 Å². The van der Waals surface area contributed by atoms with Crippen LogP contribution in [0.2, 0.25) is 5.02 Å². The van der Waals surface area contributed by atoms with E-state index in [1.54, 1.807) is 18.2 Å². The lowest BCUT2D eigenvalue weighted by Gasteiger charge is -2.27. The van der Waals surface area contributed by atoms with E-state index >= 15 is 0 Å². The van der Waals surface area contributed by atoms with Gasteiger partial charge in [-0.05, 0) is 61.5 Å². The van der Waals surface area contributed by atoms with Gasteiger partial charge in [0, 0.05) is 23.8 Å². The van der Waals surface area contributed by atoms with Gasteiger partial charge >= 0.3 is 0 Å². The fourth-order valence-corrected chi connectivity index (χ4v) is 4.93. The van der Waals surface area contributed by atoms with Gasteiger partial charge in [0.05, 0.1) is 18.9 Å². The Morgan fingerprint density at radius 3 is 2.50 bits per heavy atom. The highest BCUT2D eigenvalue weighted by molar-refractivity contribution is 7.89. The molecule has 1 saturated heterocycles. The van der Waals surface area contributed by atoms with Gasteiger partial charge in [-0.15, -0.1) is 0 Å². The number of benzene rings is 2. The van der Waals surface area contributed by atoms with Crippen LogP contribution in [0.15, 0.2) is 41.3 Å². The van der Waals surface area contributed by atoms with Gasteiger partial charge in [-0.3, -0.25) is 0 Å². The predicted octanol–water partition coefficient (Wildman–Crippen LogP) is 3.79. The molecule has 0 aliphatic carbocycles. The van der Waals surface area contributed by atoms with E-state index in [0.717, 1.165) is 16.8 Å². The van der Waals surface area contributed by atoms with Crippen LogP contribution in [0, 0.1) is 13.8 Å². The van der Waals surface area contributed by atoms with Crippen LogP contribution in [0.3, 0.4) is 0 Å². The third-order valence-electron chi connectivity index (χ3n) is 4.49. The van der Waals surface area contributed by atoms with Crippen LogP contribution in [-0.2, 0) is 14.8 Å². The highest BCUT2D eigenvalue weighted by atomic mass is 35.5. The molecule has 0 unspecified atom stereocenters. The summed E-state index contributed by atoms with van der Waals surface area (Å²) in [5.41, 5.74) is 2.89. The minimum Gasteiger partial charge on any atom is -0.379 e. The molecule has 1 aliphatic heterocycles. The van der Waals surface area contributed by atoms with E-state index in [4.69, 9.17) is 28.6 Å². The lowest BCUT2D eigenvalue weighted by atomic mass is 10.2. The van der Waals surface area contributed by atoms with Crippen LogP contribution in [0.4, 0.5) is 11.4 Å². The van der Waals surface area contributed by atoms with Gasteiger partial charge in [0.25, 0.3) is 0 Å². The smallest absolute Gasteiger partial charge is 0.245 e. The van der Waals surface area contributed by atoms with Crippen LogP contribution in [-0.4, -0.2) is 44.1 Å². The van der Waals surface area contributed by atoms with E-state index in [2.05, 4.69) is 10.6 Å². The van der Waals surface area contributed by atoms with Crippen LogP contribution in [0.25, 0.3) is 0 Å². The number of hydrogen-bond acceptors (Lipinski definition) is 4. The fourth-order valence-electron chi connectivity index (χ4n) is 2.89. The predicted molar refractivity (Wildman–Crippen MR) is 117 cm³/mol. The normalized spacial score (nSPS) is 15.2. The molecule has 1 aliphatic rings. The van der Waals surface area contributed by atoms with Crippen molar-refractivity contribution < 1.29 is 13.2 Å². The number of anilines is 2. The average molecular weight is 440 g/mol. The summed E-state index contributed by atoms with van der Waals surface area (Å²) in [5.74, 6) is 0. The molecule has 150 valence electrons. The standard InChI is InChI=1S/C19H22ClN3O3S2/c1-13-6-7-17(18(12-13)28(24,25)23-8-10-26-11-9-23)22-19(27)21-16-5-3-4-15(20)14(16)2/h3-7,12H,8-11H2,1-2H3,(H2,21,22,27). The number of ether oxygens (including phenoxy) is 1. The minimum absolute atomic E-state index is 0.196. The number of sulfonamides is 1. The number of halogens is 1. The molecule has 1 heterocycles. The molecule has 3 rings (SSSR count). The quantitative estimate of drug-likeness (QED) is 0.706. The molecule has 0 saturated carbocycles. The zero-order valence-electron chi connectivity index (χ0n) is 15.7.